The summed E-state index contributed by atoms with van der Waals surface area (Å²) in [6, 6.07) is 5.11. The SMILES string of the molecule is [2H]C([2H])([2H])N(C([2H])([2H])C#C)[C@]([2H])(C)C([2H])([2H])c1ccccc1. The molecule has 0 unspecified atom stereocenters. The van der Waals surface area contributed by atoms with Crippen molar-refractivity contribution in [3.8, 4) is 12.3 Å². The van der Waals surface area contributed by atoms with Crippen molar-refractivity contribution in [2.45, 2.75) is 19.3 Å². The summed E-state index contributed by atoms with van der Waals surface area (Å²) in [6.45, 7) is -4.90. The molecule has 0 fully saturated rings. The number of rotatable bonds is 4. The molecule has 0 amide bonds. The molecule has 0 N–H and O–H groups in total. The summed E-state index contributed by atoms with van der Waals surface area (Å²) in [6.07, 6.45) is 2.58. The number of benzene rings is 1. The van der Waals surface area contributed by atoms with Crippen LogP contribution < -0.4 is 0 Å². The average Bonchev–Trinajstić information content (AvgIpc) is 2.37. The van der Waals surface area contributed by atoms with Crippen molar-refractivity contribution in [3.05, 3.63) is 35.9 Å². The van der Waals surface area contributed by atoms with Crippen LogP contribution in [0.25, 0.3) is 0 Å². The van der Waals surface area contributed by atoms with E-state index in [0.717, 1.165) is 6.92 Å². The van der Waals surface area contributed by atoms with Gasteiger partial charge in [0.05, 0.1) is 9.24 Å². The van der Waals surface area contributed by atoms with Gasteiger partial charge in [-0.05, 0) is 25.8 Å². The van der Waals surface area contributed by atoms with Gasteiger partial charge in [-0.15, -0.1) is 6.42 Å². The number of hydrogen-bond donors (Lipinski definition) is 0. The van der Waals surface area contributed by atoms with Crippen LogP contribution in [0.1, 0.15) is 23.5 Å². The van der Waals surface area contributed by atoms with Gasteiger partial charge < -0.3 is 0 Å². The van der Waals surface area contributed by atoms with Gasteiger partial charge >= 0.3 is 0 Å². The Morgan fingerprint density at radius 3 is 2.93 bits per heavy atom. The monoisotopic (exact) mass is 195 g/mol. The molecule has 1 nitrogen and oxygen atoms in total. The molecule has 14 heavy (non-hydrogen) atoms. The summed E-state index contributed by atoms with van der Waals surface area (Å²) >= 11 is 0. The highest BCUT2D eigenvalue weighted by Crippen LogP contribution is 2.06. The third-order valence-electron chi connectivity index (χ3n) is 1.61. The van der Waals surface area contributed by atoms with Crippen LogP contribution in [-0.4, -0.2) is 24.4 Å². The zero-order valence-electron chi connectivity index (χ0n) is 15.9. The van der Waals surface area contributed by atoms with Crippen LogP contribution in [0.2, 0.25) is 0 Å². The minimum Gasteiger partial charge on any atom is -0.292 e. The van der Waals surface area contributed by atoms with Crippen molar-refractivity contribution < 1.29 is 11.0 Å². The fourth-order valence-electron chi connectivity index (χ4n) is 0.935. The maximum atomic E-state index is 8.29. The highest BCUT2D eigenvalue weighted by molar-refractivity contribution is 5.15. The Kier molecular flexibility index (Phi) is 1.59. The van der Waals surface area contributed by atoms with Crippen LogP contribution in [0, 0.1) is 12.3 Å². The fourth-order valence-corrected chi connectivity index (χ4v) is 0.935. The first-order valence-corrected chi connectivity index (χ1v) is 4.12. The summed E-state index contributed by atoms with van der Waals surface area (Å²) in [5, 5.41) is 0. The molecule has 0 aromatic heterocycles. The maximum absolute atomic E-state index is 8.29. The molecule has 0 bridgehead atoms. The molecule has 1 atom stereocenters. The Morgan fingerprint density at radius 2 is 2.36 bits per heavy atom. The summed E-state index contributed by atoms with van der Waals surface area (Å²) in [4.78, 5) is 0.111. The molecule has 0 saturated carbocycles. The van der Waals surface area contributed by atoms with Crippen LogP contribution in [-0.2, 0) is 6.37 Å². The lowest BCUT2D eigenvalue weighted by Crippen LogP contribution is -2.31. The van der Waals surface area contributed by atoms with Gasteiger partial charge in [0, 0.05) is 14.2 Å². The van der Waals surface area contributed by atoms with Crippen LogP contribution in [0.15, 0.2) is 30.3 Å². The smallest absolute Gasteiger partial charge is 0.0598 e. The molecule has 0 heterocycles. The number of nitrogens with zero attached hydrogens (tertiary/aromatic N) is 1. The first kappa shape index (κ1) is 4.08. The average molecular weight is 195 g/mol. The van der Waals surface area contributed by atoms with Crippen molar-refractivity contribution in [2.24, 2.45) is 0 Å². The van der Waals surface area contributed by atoms with E-state index in [2.05, 4.69) is 0 Å². The largest absolute Gasteiger partial charge is 0.292 e. The van der Waals surface area contributed by atoms with Gasteiger partial charge in [-0.2, -0.15) is 0 Å². The van der Waals surface area contributed by atoms with Gasteiger partial charge in [0.1, 0.15) is 0 Å². The Morgan fingerprint density at radius 1 is 1.64 bits per heavy atom. The first-order chi connectivity index (χ1) is 9.78. The minimum absolute atomic E-state index is 0.0644. The topological polar surface area (TPSA) is 3.24 Å². The van der Waals surface area contributed by atoms with Gasteiger partial charge in [0.2, 0.25) is 0 Å². The maximum Gasteiger partial charge on any atom is 0.0598 e. The molecular weight excluding hydrogens is 170 g/mol. The van der Waals surface area contributed by atoms with E-state index in [-0.39, 0.29) is 10.5 Å². The Bertz CT molecular complexity index is 556. The van der Waals surface area contributed by atoms with Crippen LogP contribution in [0.3, 0.4) is 0 Å². The molecule has 1 rings (SSSR count). The predicted molar refractivity (Wildman–Crippen MR) is 61.1 cm³/mol. The van der Waals surface area contributed by atoms with Gasteiger partial charge in [0.15, 0.2) is 0 Å². The number of likely N-dealkylation sites (N-methyl/N-ethyl adjacent to an activating group) is 1. The van der Waals surface area contributed by atoms with E-state index in [0.29, 0.717) is 0 Å². The lowest BCUT2D eigenvalue weighted by Gasteiger charge is -2.22. The third-order valence-corrected chi connectivity index (χ3v) is 1.61. The van der Waals surface area contributed by atoms with Gasteiger partial charge in [-0.3, -0.25) is 4.90 Å². The van der Waals surface area contributed by atoms with Crippen molar-refractivity contribution in [1.29, 1.82) is 0 Å². The first-order valence-electron chi connectivity index (χ1n) is 8.12. The Balaban J connectivity index is 3.50. The van der Waals surface area contributed by atoms with Gasteiger partial charge in [0.25, 0.3) is 0 Å². The second-order valence-electron chi connectivity index (χ2n) is 2.67. The van der Waals surface area contributed by atoms with E-state index in [1.807, 2.05) is 0 Å². The third kappa shape index (κ3) is 3.24. The van der Waals surface area contributed by atoms with E-state index in [4.69, 9.17) is 17.4 Å². The minimum atomic E-state index is -3.09. The molecule has 0 saturated heterocycles. The van der Waals surface area contributed by atoms with Gasteiger partial charge in [-0.25, -0.2) is 0 Å². The van der Waals surface area contributed by atoms with E-state index in [9.17, 15) is 0 Å². The second-order valence-corrected chi connectivity index (χ2v) is 2.67. The zero-order valence-corrected chi connectivity index (χ0v) is 7.91. The van der Waals surface area contributed by atoms with Crippen molar-refractivity contribution in [3.63, 3.8) is 0 Å². The Hall–Kier alpha value is -1.26. The molecule has 1 aromatic carbocycles. The van der Waals surface area contributed by atoms with E-state index in [1.165, 1.54) is 12.1 Å². The number of hydrogen-bond acceptors (Lipinski definition) is 1. The molecule has 1 aromatic rings. The summed E-state index contributed by atoms with van der Waals surface area (Å²) < 4.78 is 62.5. The van der Waals surface area contributed by atoms with E-state index in [1.54, 1.807) is 24.1 Å². The lowest BCUT2D eigenvalue weighted by atomic mass is 10.1. The van der Waals surface area contributed by atoms with E-state index >= 15 is 0 Å². The lowest BCUT2D eigenvalue weighted by molar-refractivity contribution is 0.287. The highest BCUT2D eigenvalue weighted by Gasteiger charge is 2.07. The molecule has 0 aliphatic rings. The summed E-state index contributed by atoms with van der Waals surface area (Å²) in [7, 11) is 0. The number of terminal acetylenes is 1. The predicted octanol–water partition coefficient (Wildman–Crippen LogP) is 2.18. The zero-order chi connectivity index (χ0) is 17.4. The van der Waals surface area contributed by atoms with Gasteiger partial charge in [-0.1, -0.05) is 36.3 Å². The normalized spacial score (nSPS) is 26.1. The molecule has 0 spiro atoms. The molecule has 0 aliphatic carbocycles. The molecule has 1 heteroatoms. The Labute approximate surface area is 98.0 Å². The quantitative estimate of drug-likeness (QED) is 0.666. The van der Waals surface area contributed by atoms with Crippen LogP contribution >= 0.6 is 0 Å². The van der Waals surface area contributed by atoms with Crippen LogP contribution in [0.4, 0.5) is 0 Å². The van der Waals surface area contributed by atoms with Crippen molar-refractivity contribution >= 4 is 0 Å². The summed E-state index contributed by atoms with van der Waals surface area (Å²) in [5.74, 6) is 1.69. The molecule has 0 aliphatic heterocycles. The standard InChI is InChI=1S/C13H17N/c1-4-10-14(3)12(2)11-13-8-6-5-7-9-13/h1,5-9,12H,10-11H2,2-3H3/t12-/m1/s1/i3D3,10D2,11D2,12D. The van der Waals surface area contributed by atoms with Crippen molar-refractivity contribution in [2.75, 3.05) is 13.5 Å². The van der Waals surface area contributed by atoms with Crippen molar-refractivity contribution in [1.82, 2.24) is 4.90 Å². The summed E-state index contributed by atoms with van der Waals surface area (Å²) in [5.41, 5.74) is 0.0644. The highest BCUT2D eigenvalue weighted by atomic mass is 15.1. The second kappa shape index (κ2) is 5.47. The molecular formula is C13H17N. The van der Waals surface area contributed by atoms with E-state index < -0.39 is 25.9 Å². The van der Waals surface area contributed by atoms with Crippen LogP contribution in [0.5, 0.6) is 0 Å². The molecule has 0 radical (unpaired) electrons. The fraction of sp³-hybridized carbons (Fsp3) is 0.385. The molecule has 74 valence electrons.